The molecule has 2 aromatic rings. The first-order valence-corrected chi connectivity index (χ1v) is 7.72. The molecule has 2 heterocycles. The van der Waals surface area contributed by atoms with Crippen LogP contribution in [0.2, 0.25) is 0 Å². The van der Waals surface area contributed by atoms with E-state index < -0.39 is 4.92 Å². The third kappa shape index (κ3) is 3.90. The number of aryl methyl sites for hydroxylation is 4. The number of rotatable bonds is 6. The molecule has 0 atom stereocenters. The first kappa shape index (κ1) is 18.3. The Bertz CT molecular complexity index is 848. The zero-order chi connectivity index (χ0) is 18.7. The molecule has 0 unspecified atom stereocenters. The molecular weight excluding hydrogens is 326 g/mol. The summed E-state index contributed by atoms with van der Waals surface area (Å²) in [6.45, 7) is 7.21. The Morgan fingerprint density at radius 2 is 1.92 bits per heavy atom. The third-order valence-electron chi connectivity index (χ3n) is 4.02. The first-order valence-electron chi connectivity index (χ1n) is 7.72. The van der Waals surface area contributed by atoms with E-state index in [1.54, 1.807) is 24.7 Å². The van der Waals surface area contributed by atoms with Gasteiger partial charge < -0.3 is 0 Å². The van der Waals surface area contributed by atoms with Crippen LogP contribution in [0.1, 0.15) is 34.8 Å². The van der Waals surface area contributed by atoms with Gasteiger partial charge in [-0.15, -0.1) is 0 Å². The highest BCUT2D eigenvalue weighted by atomic mass is 16.6. The van der Waals surface area contributed by atoms with Gasteiger partial charge in [0, 0.05) is 24.7 Å². The molecule has 2 rings (SSSR count). The van der Waals surface area contributed by atoms with Crippen molar-refractivity contribution in [1.82, 2.24) is 25.0 Å². The highest BCUT2D eigenvalue weighted by Crippen LogP contribution is 2.21. The lowest BCUT2D eigenvalue weighted by atomic mass is 10.2. The number of hydrogen-bond donors (Lipinski definition) is 1. The van der Waals surface area contributed by atoms with Gasteiger partial charge in [0.2, 0.25) is 5.91 Å². The van der Waals surface area contributed by atoms with Gasteiger partial charge in [0.1, 0.15) is 11.4 Å². The predicted octanol–water partition coefficient (Wildman–Crippen LogP) is 1.30. The Kier molecular flexibility index (Phi) is 5.30. The zero-order valence-corrected chi connectivity index (χ0v) is 14.9. The van der Waals surface area contributed by atoms with Crippen molar-refractivity contribution in [2.24, 2.45) is 12.1 Å². The average Bonchev–Trinajstić information content (AvgIpc) is 2.94. The zero-order valence-electron chi connectivity index (χ0n) is 14.9. The second kappa shape index (κ2) is 7.24. The summed E-state index contributed by atoms with van der Waals surface area (Å²) < 4.78 is 3.21. The number of nitrogens with zero attached hydrogens (tertiary/aromatic N) is 6. The fourth-order valence-corrected chi connectivity index (χ4v) is 2.58. The van der Waals surface area contributed by atoms with Crippen LogP contribution in [0.3, 0.4) is 0 Å². The molecule has 2 aromatic heterocycles. The molecule has 0 saturated heterocycles. The number of amides is 1. The van der Waals surface area contributed by atoms with Crippen LogP contribution >= 0.6 is 0 Å². The number of aromatic nitrogens is 4. The maximum atomic E-state index is 11.9. The number of hydrazone groups is 1. The molecular formula is C15H21N7O3. The molecule has 1 N–H and O–H groups in total. The van der Waals surface area contributed by atoms with Gasteiger partial charge in [-0.2, -0.15) is 15.3 Å². The first-order chi connectivity index (χ1) is 11.7. The van der Waals surface area contributed by atoms with E-state index in [4.69, 9.17) is 0 Å². The van der Waals surface area contributed by atoms with Crippen LogP contribution in [0.15, 0.2) is 5.10 Å². The SMILES string of the molecule is Cc1nn(C)c(C)c1/C=N\NC(=O)CCn1nc(C)c([N+](=O)[O-])c1C. The predicted molar refractivity (Wildman–Crippen MR) is 91.4 cm³/mol. The highest BCUT2D eigenvalue weighted by molar-refractivity contribution is 5.84. The Morgan fingerprint density at radius 1 is 1.24 bits per heavy atom. The standard InChI is InChI=1S/C15H21N7O3/c1-9-13(11(3)20(5)18-9)8-16-17-14(23)6-7-21-12(4)15(22(24)25)10(2)19-21/h8H,6-7H2,1-5H3,(H,17,23)/b16-8-. The molecule has 25 heavy (non-hydrogen) atoms. The van der Waals surface area contributed by atoms with Crippen molar-refractivity contribution < 1.29 is 9.72 Å². The lowest BCUT2D eigenvalue weighted by Gasteiger charge is -2.03. The normalized spacial score (nSPS) is 11.2. The van der Waals surface area contributed by atoms with Crippen LogP contribution in [-0.4, -0.2) is 36.6 Å². The van der Waals surface area contributed by atoms with Gasteiger partial charge in [0.25, 0.3) is 0 Å². The fraction of sp³-hybridized carbons (Fsp3) is 0.467. The van der Waals surface area contributed by atoms with E-state index in [1.807, 2.05) is 20.9 Å². The van der Waals surface area contributed by atoms with E-state index in [2.05, 4.69) is 20.7 Å². The molecule has 1 amide bonds. The Hall–Kier alpha value is -3.04. The smallest absolute Gasteiger partial charge is 0.273 e. The summed E-state index contributed by atoms with van der Waals surface area (Å²) in [5, 5.41) is 23.3. The number of carbonyl (C=O) groups excluding carboxylic acids is 1. The van der Waals surface area contributed by atoms with Crippen molar-refractivity contribution in [3.05, 3.63) is 38.5 Å². The van der Waals surface area contributed by atoms with Crippen LogP contribution in [-0.2, 0) is 18.4 Å². The van der Waals surface area contributed by atoms with Gasteiger partial charge in [-0.05, 0) is 27.7 Å². The number of nitrogens with one attached hydrogen (secondary N) is 1. The number of hydrogen-bond acceptors (Lipinski definition) is 6. The minimum atomic E-state index is -0.461. The monoisotopic (exact) mass is 347 g/mol. The Morgan fingerprint density at radius 3 is 2.44 bits per heavy atom. The third-order valence-corrected chi connectivity index (χ3v) is 4.02. The quantitative estimate of drug-likeness (QED) is 0.480. The summed E-state index contributed by atoms with van der Waals surface area (Å²) in [6, 6.07) is 0. The molecule has 0 fully saturated rings. The molecule has 0 aliphatic rings. The van der Waals surface area contributed by atoms with Gasteiger partial charge in [-0.3, -0.25) is 24.3 Å². The van der Waals surface area contributed by atoms with E-state index >= 15 is 0 Å². The van der Waals surface area contributed by atoms with Crippen LogP contribution in [0.4, 0.5) is 5.69 Å². The summed E-state index contributed by atoms with van der Waals surface area (Å²) in [4.78, 5) is 22.4. The van der Waals surface area contributed by atoms with Crippen molar-refractivity contribution in [2.75, 3.05) is 0 Å². The largest absolute Gasteiger partial charge is 0.312 e. The molecule has 0 aromatic carbocycles. The number of carbonyl (C=O) groups is 1. The molecule has 0 bridgehead atoms. The van der Waals surface area contributed by atoms with E-state index in [1.165, 1.54) is 4.68 Å². The van der Waals surface area contributed by atoms with Crippen molar-refractivity contribution in [1.29, 1.82) is 0 Å². The second-order valence-electron chi connectivity index (χ2n) is 5.75. The Labute approximate surface area is 144 Å². The summed E-state index contributed by atoms with van der Waals surface area (Å²) in [5.41, 5.74) is 5.84. The van der Waals surface area contributed by atoms with Gasteiger partial charge in [0.05, 0.1) is 23.4 Å². The number of nitro groups is 1. The molecule has 0 radical (unpaired) electrons. The molecule has 10 nitrogen and oxygen atoms in total. The van der Waals surface area contributed by atoms with Crippen molar-refractivity contribution in [3.63, 3.8) is 0 Å². The van der Waals surface area contributed by atoms with Gasteiger partial charge in [-0.25, -0.2) is 5.43 Å². The van der Waals surface area contributed by atoms with E-state index in [9.17, 15) is 14.9 Å². The summed E-state index contributed by atoms with van der Waals surface area (Å²) in [7, 11) is 1.84. The maximum absolute atomic E-state index is 11.9. The minimum absolute atomic E-state index is 0.0130. The van der Waals surface area contributed by atoms with Crippen LogP contribution in [0.5, 0.6) is 0 Å². The molecule has 0 spiro atoms. The summed E-state index contributed by atoms with van der Waals surface area (Å²) in [6.07, 6.45) is 1.67. The summed E-state index contributed by atoms with van der Waals surface area (Å²) >= 11 is 0. The van der Waals surface area contributed by atoms with Crippen LogP contribution in [0.25, 0.3) is 0 Å². The summed E-state index contributed by atoms with van der Waals surface area (Å²) in [5.74, 6) is -0.300. The van der Waals surface area contributed by atoms with E-state index in [0.717, 1.165) is 17.0 Å². The molecule has 0 aliphatic heterocycles. The topological polar surface area (TPSA) is 120 Å². The van der Waals surface area contributed by atoms with Crippen molar-refractivity contribution >= 4 is 17.8 Å². The van der Waals surface area contributed by atoms with Gasteiger partial charge >= 0.3 is 5.69 Å². The molecule has 0 saturated carbocycles. The van der Waals surface area contributed by atoms with Crippen LogP contribution < -0.4 is 5.43 Å². The molecule has 134 valence electrons. The molecule has 10 heteroatoms. The fourth-order valence-electron chi connectivity index (χ4n) is 2.58. The lowest BCUT2D eigenvalue weighted by Crippen LogP contribution is -2.20. The average molecular weight is 347 g/mol. The highest BCUT2D eigenvalue weighted by Gasteiger charge is 2.21. The van der Waals surface area contributed by atoms with Crippen LogP contribution in [0, 0.1) is 37.8 Å². The minimum Gasteiger partial charge on any atom is -0.273 e. The van der Waals surface area contributed by atoms with Crippen molar-refractivity contribution in [3.8, 4) is 0 Å². The molecule has 0 aliphatic carbocycles. The van der Waals surface area contributed by atoms with Crippen molar-refractivity contribution in [2.45, 2.75) is 40.7 Å². The maximum Gasteiger partial charge on any atom is 0.312 e. The second-order valence-corrected chi connectivity index (χ2v) is 5.75. The van der Waals surface area contributed by atoms with E-state index in [-0.39, 0.29) is 24.6 Å². The van der Waals surface area contributed by atoms with Gasteiger partial charge in [-0.1, -0.05) is 0 Å². The Balaban J connectivity index is 1.94. The van der Waals surface area contributed by atoms with Gasteiger partial charge in [0.15, 0.2) is 0 Å². The lowest BCUT2D eigenvalue weighted by molar-refractivity contribution is -0.386. The van der Waals surface area contributed by atoms with E-state index in [0.29, 0.717) is 11.4 Å².